The third-order valence-corrected chi connectivity index (χ3v) is 11.3. The molecular formula is C43H57IN8O14. The molecule has 22 nitrogen and oxygen atoms in total. The summed E-state index contributed by atoms with van der Waals surface area (Å²) >= 11 is 1.87. The molecule has 1 unspecified atom stereocenters. The van der Waals surface area contributed by atoms with Crippen LogP contribution in [0.5, 0.6) is 5.75 Å². The summed E-state index contributed by atoms with van der Waals surface area (Å²) in [5.74, 6) is -9.14. The van der Waals surface area contributed by atoms with E-state index < -0.39 is 84.9 Å². The second kappa shape index (κ2) is 28.3. The molecule has 0 bridgehead atoms. The van der Waals surface area contributed by atoms with Gasteiger partial charge in [0.2, 0.25) is 5.91 Å². The minimum absolute atomic E-state index is 0.0202. The van der Waals surface area contributed by atoms with E-state index in [1.807, 2.05) is 22.6 Å². The fourth-order valence-corrected chi connectivity index (χ4v) is 7.60. The van der Waals surface area contributed by atoms with Gasteiger partial charge in [0.25, 0.3) is 11.8 Å². The van der Waals surface area contributed by atoms with Crippen LogP contribution < -0.4 is 11.1 Å². The number of nitrogens with one attached hydrogen (secondary N) is 1. The molecule has 1 aliphatic rings. The van der Waals surface area contributed by atoms with Crippen molar-refractivity contribution in [1.29, 1.82) is 0 Å². The summed E-state index contributed by atoms with van der Waals surface area (Å²) in [4.78, 5) is 116. The summed E-state index contributed by atoms with van der Waals surface area (Å²) in [6.45, 7) is -0.526. The molecule has 23 heteroatoms. The molecule has 1 fully saturated rings. The zero-order valence-electron chi connectivity index (χ0n) is 36.3. The second-order valence-corrected chi connectivity index (χ2v) is 16.7. The predicted octanol–water partition coefficient (Wildman–Crippen LogP) is 0.124. The van der Waals surface area contributed by atoms with Gasteiger partial charge in [0, 0.05) is 71.6 Å². The lowest BCUT2D eigenvalue weighted by Crippen LogP contribution is -2.51. The van der Waals surface area contributed by atoms with Crippen molar-refractivity contribution >= 4 is 81.6 Å². The van der Waals surface area contributed by atoms with Crippen molar-refractivity contribution in [2.75, 3.05) is 78.5 Å². The number of amides is 3. The minimum Gasteiger partial charge on any atom is -0.507 e. The lowest BCUT2D eigenvalue weighted by molar-refractivity contribution is -0.145. The molecule has 2 aromatic rings. The average molecular weight is 1040 g/mol. The molecule has 0 aromatic heterocycles. The standard InChI is InChI=1S/C43H57IN8O14/c44-30-22-29(9-11-35(30)53)24-32(40(61)48-33(23-28-6-2-1-3-7-28)41(62)47-31(42(63)64)8-4-5-13-45)46-36(54)12-10-34(43(65)66)52-20-18-50(26-38(57)58)16-14-49(25-37(55)56)15-17-51(19-21-52)27-39(59)60/h1-3,6-7,9,11,22,33-34,53H,4-5,8,10,12-21,23-27,45H2,(H,48,61)(H,55,56)(H,57,58)(H,59,60)(H,63,64)(H,65,66)/t33-,34?/m1/s1. The van der Waals surface area contributed by atoms with Crippen LogP contribution in [0, 0.1) is 3.57 Å². The number of rotatable bonds is 23. The number of aliphatic carboxylic acids is 5. The van der Waals surface area contributed by atoms with Crippen molar-refractivity contribution in [3.63, 3.8) is 0 Å². The molecule has 2 atom stereocenters. The topological polar surface area (TPSA) is 334 Å². The molecule has 1 aliphatic heterocycles. The maximum Gasteiger partial charge on any atom is 0.350 e. The first-order valence-electron chi connectivity index (χ1n) is 21.1. The molecule has 360 valence electrons. The molecule has 2 aromatic carbocycles. The Morgan fingerprint density at radius 3 is 1.71 bits per heavy atom. The number of carboxylic acids is 5. The van der Waals surface area contributed by atoms with Crippen molar-refractivity contribution in [2.24, 2.45) is 15.7 Å². The van der Waals surface area contributed by atoms with E-state index in [2.05, 4.69) is 15.3 Å². The summed E-state index contributed by atoms with van der Waals surface area (Å²) in [6.07, 6.45) is -0.508. The molecule has 3 amide bonds. The Bertz CT molecular complexity index is 2060. The monoisotopic (exact) mass is 1040 g/mol. The Hall–Kier alpha value is -5.73. The largest absolute Gasteiger partial charge is 0.507 e. The van der Waals surface area contributed by atoms with Crippen LogP contribution in [-0.2, 0) is 51.2 Å². The maximum atomic E-state index is 14.1. The number of benzene rings is 2. The van der Waals surface area contributed by atoms with E-state index >= 15 is 0 Å². The molecule has 0 saturated carbocycles. The lowest BCUT2D eigenvalue weighted by Gasteiger charge is -2.35. The van der Waals surface area contributed by atoms with Gasteiger partial charge >= 0.3 is 29.8 Å². The van der Waals surface area contributed by atoms with E-state index in [9.17, 15) is 69.0 Å². The summed E-state index contributed by atoms with van der Waals surface area (Å²) in [7, 11) is 0. The number of phenolic OH excluding ortho intramolecular Hbond substituents is 1. The quantitative estimate of drug-likeness (QED) is 0.0416. The van der Waals surface area contributed by atoms with Gasteiger partial charge in [-0.3, -0.25) is 53.2 Å². The van der Waals surface area contributed by atoms with E-state index in [0.717, 1.165) is 0 Å². The number of unbranched alkanes of at least 4 members (excludes halogenated alkanes) is 1. The van der Waals surface area contributed by atoms with Crippen LogP contribution in [0.25, 0.3) is 0 Å². The smallest absolute Gasteiger partial charge is 0.350 e. The highest BCUT2D eigenvalue weighted by Crippen LogP contribution is 2.21. The predicted molar refractivity (Wildman–Crippen MR) is 246 cm³/mol. The summed E-state index contributed by atoms with van der Waals surface area (Å²) in [6, 6.07) is 10.1. The van der Waals surface area contributed by atoms with Gasteiger partial charge in [-0.15, -0.1) is 0 Å². The number of carbonyl (C=O) groups is 8. The number of hydrogen-bond donors (Lipinski definition) is 8. The first-order valence-corrected chi connectivity index (χ1v) is 22.2. The number of carbonyl (C=O) groups excluding carboxylic acids is 3. The Morgan fingerprint density at radius 2 is 1.23 bits per heavy atom. The molecular weight excluding hydrogens is 979 g/mol. The van der Waals surface area contributed by atoms with Crippen molar-refractivity contribution in [3.05, 3.63) is 63.2 Å². The van der Waals surface area contributed by atoms with Gasteiger partial charge in [0.1, 0.15) is 29.3 Å². The summed E-state index contributed by atoms with van der Waals surface area (Å²) in [5.41, 5.74) is 5.75. The molecule has 9 N–H and O–H groups in total. The minimum atomic E-state index is -1.42. The zero-order valence-corrected chi connectivity index (χ0v) is 38.5. The molecule has 66 heavy (non-hydrogen) atoms. The summed E-state index contributed by atoms with van der Waals surface area (Å²) < 4.78 is 0.412. The van der Waals surface area contributed by atoms with Gasteiger partial charge < -0.3 is 41.7 Å². The number of hydrogen-bond acceptors (Lipinski definition) is 14. The highest BCUT2D eigenvalue weighted by Gasteiger charge is 2.30. The fraction of sp³-hybridized carbons (Fsp3) is 0.488. The Morgan fingerprint density at radius 1 is 0.682 bits per heavy atom. The van der Waals surface area contributed by atoms with Crippen molar-refractivity contribution in [1.82, 2.24) is 24.9 Å². The number of nitrogens with zero attached hydrogens (tertiary/aromatic N) is 6. The highest BCUT2D eigenvalue weighted by molar-refractivity contribution is 14.1. The molecule has 1 heterocycles. The number of nitrogens with two attached hydrogens (primary N) is 1. The van der Waals surface area contributed by atoms with Crippen molar-refractivity contribution in [2.45, 2.75) is 57.0 Å². The molecule has 0 aliphatic carbocycles. The van der Waals surface area contributed by atoms with Crippen LogP contribution in [0.15, 0.2) is 58.5 Å². The Labute approximate surface area is 394 Å². The second-order valence-electron chi connectivity index (χ2n) is 15.5. The number of aromatic hydroxyl groups is 1. The third kappa shape index (κ3) is 20.2. The van der Waals surface area contributed by atoms with E-state index in [-0.39, 0.29) is 96.0 Å². The Balaban J connectivity index is 1.97. The lowest BCUT2D eigenvalue weighted by atomic mass is 10.0. The SMILES string of the molecule is NCCCCC(=NC(=O)[C@@H](Cc1ccccc1)NC(=O)C(Cc1ccc(O)c(I)c1)=NC(=O)CCC(C(=O)O)N1CCN(CC(=O)O)CCN(CC(=O)O)CCN(CC(=O)O)CC1)C(=O)O. The van der Waals surface area contributed by atoms with Crippen LogP contribution in [0.2, 0.25) is 0 Å². The van der Waals surface area contributed by atoms with Crippen molar-refractivity contribution in [3.8, 4) is 5.75 Å². The Kier molecular flexibility index (Phi) is 23.4. The highest BCUT2D eigenvalue weighted by atomic mass is 127. The van der Waals surface area contributed by atoms with E-state index in [1.54, 1.807) is 41.3 Å². The van der Waals surface area contributed by atoms with E-state index in [0.29, 0.717) is 34.1 Å². The van der Waals surface area contributed by atoms with Gasteiger partial charge in [-0.1, -0.05) is 36.4 Å². The van der Waals surface area contributed by atoms with Crippen LogP contribution in [0.4, 0.5) is 0 Å². The van der Waals surface area contributed by atoms with Gasteiger partial charge in [-0.2, -0.15) is 0 Å². The molecule has 0 spiro atoms. The summed E-state index contributed by atoms with van der Waals surface area (Å²) in [5, 5.41) is 61.6. The van der Waals surface area contributed by atoms with E-state index in [1.165, 1.54) is 26.8 Å². The molecule has 3 rings (SSSR count). The maximum absolute atomic E-state index is 14.1. The van der Waals surface area contributed by atoms with Crippen LogP contribution >= 0.6 is 22.6 Å². The molecule has 1 saturated heterocycles. The number of carboxylic acid groups (broad SMARTS) is 5. The average Bonchev–Trinajstić information content (AvgIpc) is 3.24. The van der Waals surface area contributed by atoms with Crippen LogP contribution in [0.3, 0.4) is 0 Å². The van der Waals surface area contributed by atoms with Crippen LogP contribution in [0.1, 0.15) is 43.2 Å². The van der Waals surface area contributed by atoms with Gasteiger partial charge in [-0.25, -0.2) is 14.8 Å². The first kappa shape index (κ1) is 54.6. The van der Waals surface area contributed by atoms with E-state index in [4.69, 9.17) is 5.73 Å². The van der Waals surface area contributed by atoms with Gasteiger partial charge in [-0.05, 0) is 78.1 Å². The number of phenols is 1. The fourth-order valence-electron chi connectivity index (χ4n) is 7.02. The van der Waals surface area contributed by atoms with Crippen molar-refractivity contribution < 1.29 is 69.0 Å². The number of aliphatic imine (C=N–C) groups is 2. The first-order chi connectivity index (χ1) is 31.3. The zero-order chi connectivity index (χ0) is 48.8. The number of halogens is 1. The van der Waals surface area contributed by atoms with Gasteiger partial charge in [0.15, 0.2) is 0 Å². The normalized spacial score (nSPS) is 16.3. The molecule has 0 radical (unpaired) electrons. The van der Waals surface area contributed by atoms with Gasteiger partial charge in [0.05, 0.1) is 23.2 Å². The third-order valence-electron chi connectivity index (χ3n) is 10.5. The van der Waals surface area contributed by atoms with Crippen LogP contribution in [-0.4, -0.2) is 200 Å².